The molecule has 3 unspecified atom stereocenters. The Kier molecular flexibility index (Phi) is 58.4. The highest BCUT2D eigenvalue weighted by Gasteiger charge is 2.28. The first-order valence-electron chi connectivity index (χ1n) is 33.9. The van der Waals surface area contributed by atoms with E-state index in [1.54, 1.807) is 6.08 Å². The van der Waals surface area contributed by atoms with Gasteiger partial charge in [0, 0.05) is 6.42 Å². The fourth-order valence-electron chi connectivity index (χ4n) is 10.3. The van der Waals surface area contributed by atoms with Gasteiger partial charge in [0.2, 0.25) is 5.91 Å². The second-order valence-corrected chi connectivity index (χ2v) is 26.0. The van der Waals surface area contributed by atoms with Crippen molar-refractivity contribution in [1.82, 2.24) is 5.32 Å². The van der Waals surface area contributed by atoms with Crippen LogP contribution in [-0.4, -0.2) is 73.4 Å². The van der Waals surface area contributed by atoms with E-state index in [-0.39, 0.29) is 19.1 Å². The molecule has 0 spiro atoms. The average Bonchev–Trinajstić information content (AvgIpc) is 3.39. The number of nitrogens with one attached hydrogen (secondary N) is 1. The number of allylic oxidation sites excluding steroid dienone is 5. The molecule has 0 aromatic heterocycles. The van der Waals surface area contributed by atoms with E-state index in [0.29, 0.717) is 17.4 Å². The van der Waals surface area contributed by atoms with Crippen molar-refractivity contribution in [1.29, 1.82) is 0 Å². The number of aliphatic hydroxyl groups is 1. The maximum Gasteiger partial charge on any atom is 0.472 e. The molecule has 0 saturated carbocycles. The molecule has 0 aliphatic heterocycles. The van der Waals surface area contributed by atoms with Crippen molar-refractivity contribution in [2.24, 2.45) is 0 Å². The van der Waals surface area contributed by atoms with Crippen LogP contribution in [0.2, 0.25) is 0 Å². The van der Waals surface area contributed by atoms with E-state index in [2.05, 4.69) is 43.5 Å². The maximum atomic E-state index is 13.0. The number of unbranched alkanes of at least 4 members (excludes halogenated alkanes) is 46. The minimum Gasteiger partial charge on any atom is -0.387 e. The first-order valence-corrected chi connectivity index (χ1v) is 35.4. The van der Waals surface area contributed by atoms with Crippen molar-refractivity contribution in [2.45, 2.75) is 353 Å². The smallest absolute Gasteiger partial charge is 0.387 e. The molecular weight excluding hydrogens is 972 g/mol. The summed E-state index contributed by atoms with van der Waals surface area (Å²) in [6, 6.07) is -0.846. The zero-order valence-electron chi connectivity index (χ0n) is 52.2. The molecule has 0 saturated heterocycles. The molecule has 1 amide bonds. The minimum atomic E-state index is -4.35. The van der Waals surface area contributed by atoms with Gasteiger partial charge in [-0.05, 0) is 51.4 Å². The SMILES string of the molecule is CCCCCCC/C=C\C/C=C\CCCCCCCCCCCCCCCCCCCCCC(=O)NC(COP(=O)(O)OCC[N+](C)(C)C)C(O)/C=C/CCCCCCCCCCCCCCCCCCCCCCCC. The van der Waals surface area contributed by atoms with Crippen LogP contribution in [0.3, 0.4) is 0 Å². The molecule has 0 aliphatic carbocycles. The molecule has 0 rings (SSSR count). The number of phosphoric acid groups is 1. The highest BCUT2D eigenvalue weighted by atomic mass is 31.2. The van der Waals surface area contributed by atoms with Crippen LogP contribution < -0.4 is 5.32 Å². The number of phosphoric ester groups is 1. The summed E-state index contributed by atoms with van der Waals surface area (Å²) in [5, 5.41) is 14.0. The third-order valence-corrected chi connectivity index (χ3v) is 16.6. The standard InChI is InChI=1S/C68H133N2O6P/c1-6-8-10-12-14-16-18-20-22-24-26-28-30-32-33-34-35-36-37-38-40-42-44-46-48-50-52-54-56-58-60-62-68(72)69-66(65-76-77(73,74)75-64-63-70(3,4)5)67(71)61-59-57-55-53-51-49-47-45-43-41-39-31-29-27-25-23-21-19-17-15-13-11-9-7-2/h18,20,24,26,59,61,66-67,71H,6-17,19,21-23,25,27-58,60,62-65H2,1-5H3,(H-,69,72,73,74)/p+1/b20-18-,26-24-,61-59+. The zero-order chi connectivity index (χ0) is 56.3. The van der Waals surface area contributed by atoms with Crippen molar-refractivity contribution >= 4 is 13.7 Å². The normalized spacial score (nSPS) is 13.9. The predicted molar refractivity (Wildman–Crippen MR) is 337 cm³/mol. The second-order valence-electron chi connectivity index (χ2n) is 24.6. The molecule has 8 nitrogen and oxygen atoms in total. The number of amides is 1. The van der Waals surface area contributed by atoms with Gasteiger partial charge in [0.25, 0.3) is 0 Å². The van der Waals surface area contributed by atoms with Gasteiger partial charge in [-0.3, -0.25) is 13.8 Å². The molecule has 0 bridgehead atoms. The summed E-state index contributed by atoms with van der Waals surface area (Å²) < 4.78 is 23.8. The van der Waals surface area contributed by atoms with Gasteiger partial charge in [0.15, 0.2) is 0 Å². The summed E-state index contributed by atoms with van der Waals surface area (Å²) in [6.07, 6.45) is 78.5. The van der Waals surface area contributed by atoms with E-state index >= 15 is 0 Å². The fraction of sp³-hybridized carbons (Fsp3) is 0.897. The highest BCUT2D eigenvalue weighted by Crippen LogP contribution is 2.43. The van der Waals surface area contributed by atoms with Gasteiger partial charge >= 0.3 is 7.82 Å². The Hall–Kier alpha value is -1.28. The molecule has 0 aromatic carbocycles. The van der Waals surface area contributed by atoms with Crippen molar-refractivity contribution < 1.29 is 32.9 Å². The topological polar surface area (TPSA) is 105 Å². The fourth-order valence-corrected chi connectivity index (χ4v) is 11.0. The Morgan fingerprint density at radius 1 is 0.442 bits per heavy atom. The van der Waals surface area contributed by atoms with Gasteiger partial charge in [-0.25, -0.2) is 4.57 Å². The summed E-state index contributed by atoms with van der Waals surface area (Å²) in [5.74, 6) is -0.170. The lowest BCUT2D eigenvalue weighted by Gasteiger charge is -2.25. The van der Waals surface area contributed by atoms with Gasteiger partial charge in [-0.1, -0.05) is 320 Å². The van der Waals surface area contributed by atoms with E-state index in [9.17, 15) is 19.4 Å². The summed E-state index contributed by atoms with van der Waals surface area (Å²) >= 11 is 0. The van der Waals surface area contributed by atoms with E-state index in [4.69, 9.17) is 9.05 Å². The molecule has 77 heavy (non-hydrogen) atoms. The zero-order valence-corrected chi connectivity index (χ0v) is 53.1. The van der Waals surface area contributed by atoms with Gasteiger partial charge in [0.05, 0.1) is 39.9 Å². The largest absolute Gasteiger partial charge is 0.472 e. The van der Waals surface area contributed by atoms with Crippen LogP contribution in [0.1, 0.15) is 341 Å². The molecule has 3 N–H and O–H groups in total. The number of carbonyl (C=O) groups is 1. The number of hydrogen-bond acceptors (Lipinski definition) is 5. The van der Waals surface area contributed by atoms with Crippen LogP contribution in [0.15, 0.2) is 36.5 Å². The molecule has 456 valence electrons. The Balaban J connectivity index is 4.06. The maximum absolute atomic E-state index is 13.0. The number of carbonyl (C=O) groups excluding carboxylic acids is 1. The monoisotopic (exact) mass is 1110 g/mol. The van der Waals surface area contributed by atoms with E-state index < -0.39 is 20.0 Å². The van der Waals surface area contributed by atoms with E-state index in [1.165, 1.54) is 283 Å². The Labute approximate surface area is 480 Å². The average molecular weight is 1110 g/mol. The molecule has 0 heterocycles. The Morgan fingerprint density at radius 2 is 0.740 bits per heavy atom. The lowest BCUT2D eigenvalue weighted by atomic mass is 10.0. The summed E-state index contributed by atoms with van der Waals surface area (Å²) in [5.41, 5.74) is 0. The van der Waals surface area contributed by atoms with Crippen molar-refractivity contribution in [3.05, 3.63) is 36.5 Å². The van der Waals surface area contributed by atoms with E-state index in [0.717, 1.165) is 38.5 Å². The van der Waals surface area contributed by atoms with Crippen LogP contribution in [0, 0.1) is 0 Å². The van der Waals surface area contributed by atoms with Crippen LogP contribution in [0.5, 0.6) is 0 Å². The van der Waals surface area contributed by atoms with Gasteiger partial charge < -0.3 is 19.8 Å². The highest BCUT2D eigenvalue weighted by molar-refractivity contribution is 7.47. The molecule has 0 radical (unpaired) electrons. The summed E-state index contributed by atoms with van der Waals surface area (Å²) in [4.78, 5) is 23.4. The van der Waals surface area contributed by atoms with Crippen molar-refractivity contribution in [3.8, 4) is 0 Å². The van der Waals surface area contributed by atoms with E-state index in [1.807, 2.05) is 27.2 Å². The van der Waals surface area contributed by atoms with Gasteiger partial charge in [-0.2, -0.15) is 0 Å². The number of hydrogen-bond donors (Lipinski definition) is 3. The molecule has 3 atom stereocenters. The number of likely N-dealkylation sites (N-methyl/N-ethyl adjacent to an activating group) is 1. The van der Waals surface area contributed by atoms with Crippen LogP contribution >= 0.6 is 7.82 Å². The Bertz CT molecular complexity index is 1350. The van der Waals surface area contributed by atoms with Crippen LogP contribution in [0.4, 0.5) is 0 Å². The van der Waals surface area contributed by atoms with Gasteiger partial charge in [-0.15, -0.1) is 0 Å². The number of aliphatic hydroxyl groups excluding tert-OH is 1. The molecule has 9 heteroatoms. The number of nitrogens with zero attached hydrogens (tertiary/aromatic N) is 1. The summed E-state index contributed by atoms with van der Waals surface area (Å²) in [6.45, 7) is 4.86. The molecule has 0 aliphatic rings. The summed E-state index contributed by atoms with van der Waals surface area (Å²) in [7, 11) is 1.59. The lowest BCUT2D eigenvalue weighted by Crippen LogP contribution is -2.45. The van der Waals surface area contributed by atoms with Crippen molar-refractivity contribution in [2.75, 3.05) is 40.9 Å². The molecule has 0 fully saturated rings. The van der Waals surface area contributed by atoms with Gasteiger partial charge in [0.1, 0.15) is 13.2 Å². The Morgan fingerprint density at radius 3 is 1.06 bits per heavy atom. The third-order valence-electron chi connectivity index (χ3n) is 15.6. The first kappa shape index (κ1) is 75.7. The first-order chi connectivity index (χ1) is 37.5. The third kappa shape index (κ3) is 62.2. The van der Waals surface area contributed by atoms with Crippen LogP contribution in [0.25, 0.3) is 0 Å². The molecule has 0 aromatic rings. The molecular formula is C68H134N2O6P+. The minimum absolute atomic E-state index is 0.0635. The number of rotatable bonds is 63. The predicted octanol–water partition coefficient (Wildman–Crippen LogP) is 21.3. The lowest BCUT2D eigenvalue weighted by molar-refractivity contribution is -0.870. The van der Waals surface area contributed by atoms with Crippen molar-refractivity contribution in [3.63, 3.8) is 0 Å². The second kappa shape index (κ2) is 59.3. The number of quaternary nitrogens is 1. The van der Waals surface area contributed by atoms with Crippen LogP contribution in [-0.2, 0) is 18.4 Å². The quantitative estimate of drug-likeness (QED) is 0.0243.